The molecule has 3 heterocycles. The molecule has 0 aliphatic carbocycles. The van der Waals surface area contributed by atoms with Gasteiger partial charge in [0.1, 0.15) is 6.10 Å². The lowest BCUT2D eigenvalue weighted by Crippen LogP contribution is -2.17. The third kappa shape index (κ3) is 2.88. The van der Waals surface area contributed by atoms with E-state index in [1.54, 1.807) is 12.4 Å². The van der Waals surface area contributed by atoms with Crippen LogP contribution in [0.3, 0.4) is 0 Å². The lowest BCUT2D eigenvalue weighted by molar-refractivity contribution is 0.139. The summed E-state index contributed by atoms with van der Waals surface area (Å²) in [6, 6.07) is 10.0. The molecule has 2 aromatic heterocycles. The van der Waals surface area contributed by atoms with E-state index in [1.165, 1.54) is 0 Å². The largest absolute Gasteiger partial charge is 0.470 e. The summed E-state index contributed by atoms with van der Waals surface area (Å²) < 4.78 is 11.4. The molecule has 3 aromatic rings. The van der Waals surface area contributed by atoms with Crippen molar-refractivity contribution in [2.45, 2.75) is 12.5 Å². The minimum atomic E-state index is 0.0182. The van der Waals surface area contributed by atoms with Crippen molar-refractivity contribution in [1.82, 2.24) is 15.0 Å². The van der Waals surface area contributed by atoms with Crippen molar-refractivity contribution in [3.05, 3.63) is 42.7 Å². The Morgan fingerprint density at radius 2 is 2.00 bits per heavy atom. The Balaban J connectivity index is 1.77. The Hall–Kier alpha value is -2.73. The van der Waals surface area contributed by atoms with Gasteiger partial charge in [-0.1, -0.05) is 12.1 Å². The number of nitrogens with one attached hydrogen (secondary N) is 1. The molecule has 0 spiro atoms. The number of hydrogen-bond acceptors (Lipinski definition) is 6. The summed E-state index contributed by atoms with van der Waals surface area (Å²) in [7, 11) is 1.90. The van der Waals surface area contributed by atoms with Gasteiger partial charge in [-0.2, -0.15) is 0 Å². The second-order valence-corrected chi connectivity index (χ2v) is 5.67. The molecular weight excluding hydrogens is 304 g/mol. The first-order chi connectivity index (χ1) is 11.8. The number of benzene rings is 1. The van der Waals surface area contributed by atoms with Gasteiger partial charge in [-0.25, -0.2) is 9.97 Å². The fourth-order valence-corrected chi connectivity index (χ4v) is 2.74. The van der Waals surface area contributed by atoms with Crippen LogP contribution in [0.25, 0.3) is 22.3 Å². The number of hydrogen-bond donors (Lipinski definition) is 1. The van der Waals surface area contributed by atoms with Crippen LogP contribution in [0.1, 0.15) is 6.42 Å². The number of aromatic nitrogens is 3. The monoisotopic (exact) mass is 322 g/mol. The van der Waals surface area contributed by atoms with Crippen molar-refractivity contribution in [2.75, 3.05) is 25.6 Å². The van der Waals surface area contributed by atoms with E-state index in [1.807, 2.05) is 37.4 Å². The molecule has 1 N–H and O–H groups in total. The second kappa shape index (κ2) is 6.41. The van der Waals surface area contributed by atoms with Crippen LogP contribution in [0.5, 0.6) is 5.88 Å². The van der Waals surface area contributed by atoms with Crippen molar-refractivity contribution in [3.8, 4) is 17.1 Å². The van der Waals surface area contributed by atoms with Crippen LogP contribution < -0.4 is 10.1 Å². The van der Waals surface area contributed by atoms with E-state index in [-0.39, 0.29) is 6.10 Å². The molecule has 1 aliphatic rings. The maximum absolute atomic E-state index is 6.04. The van der Waals surface area contributed by atoms with Gasteiger partial charge in [-0.05, 0) is 18.2 Å². The Labute approximate surface area is 139 Å². The van der Waals surface area contributed by atoms with Gasteiger partial charge in [0.15, 0.2) is 5.52 Å². The summed E-state index contributed by atoms with van der Waals surface area (Å²) in [5, 5.41) is 3.11. The smallest absolute Gasteiger partial charge is 0.243 e. The summed E-state index contributed by atoms with van der Waals surface area (Å²) in [5.41, 5.74) is 4.33. The van der Waals surface area contributed by atoms with Crippen molar-refractivity contribution in [1.29, 1.82) is 0 Å². The van der Waals surface area contributed by atoms with Crippen LogP contribution in [-0.4, -0.2) is 41.3 Å². The normalized spacial score (nSPS) is 17.1. The van der Waals surface area contributed by atoms with Crippen molar-refractivity contribution in [3.63, 3.8) is 0 Å². The van der Waals surface area contributed by atoms with Crippen LogP contribution in [0, 0.1) is 0 Å². The molecule has 6 heteroatoms. The van der Waals surface area contributed by atoms with Crippen LogP contribution in [0.4, 0.5) is 5.69 Å². The van der Waals surface area contributed by atoms with E-state index in [9.17, 15) is 0 Å². The molecule has 1 fully saturated rings. The molecule has 1 aromatic carbocycles. The first-order valence-electron chi connectivity index (χ1n) is 7.98. The Morgan fingerprint density at radius 3 is 2.75 bits per heavy atom. The van der Waals surface area contributed by atoms with E-state index in [0.29, 0.717) is 18.0 Å². The highest BCUT2D eigenvalue weighted by Gasteiger charge is 2.20. The molecule has 1 aliphatic heterocycles. The molecule has 0 saturated carbocycles. The Bertz CT molecular complexity index is 845. The quantitative estimate of drug-likeness (QED) is 0.796. The van der Waals surface area contributed by atoms with Gasteiger partial charge in [-0.3, -0.25) is 4.98 Å². The molecule has 0 bridgehead atoms. The van der Waals surface area contributed by atoms with E-state index in [0.717, 1.165) is 35.5 Å². The second-order valence-electron chi connectivity index (χ2n) is 5.67. The van der Waals surface area contributed by atoms with Gasteiger partial charge in [0, 0.05) is 37.1 Å². The highest BCUT2D eigenvalue weighted by molar-refractivity contribution is 5.83. The molecular formula is C18H18N4O2. The predicted octanol–water partition coefficient (Wildman–Crippen LogP) is 2.90. The number of fused-ring (bicyclic) bond motifs is 1. The average molecular weight is 322 g/mol. The molecule has 6 nitrogen and oxygen atoms in total. The minimum absolute atomic E-state index is 0.0182. The number of pyridine rings is 1. The lowest BCUT2D eigenvalue weighted by atomic mass is 10.1. The first-order valence-corrected chi connectivity index (χ1v) is 7.98. The van der Waals surface area contributed by atoms with Crippen molar-refractivity contribution >= 4 is 16.7 Å². The molecule has 0 amide bonds. The fraction of sp³-hybridized carbons (Fsp3) is 0.278. The Morgan fingerprint density at radius 1 is 1.17 bits per heavy atom. The zero-order valence-corrected chi connectivity index (χ0v) is 13.4. The van der Waals surface area contributed by atoms with Gasteiger partial charge in [0.25, 0.3) is 0 Å². The molecule has 122 valence electrons. The van der Waals surface area contributed by atoms with Gasteiger partial charge >= 0.3 is 0 Å². The highest BCUT2D eigenvalue weighted by atomic mass is 16.5. The van der Waals surface area contributed by atoms with Gasteiger partial charge < -0.3 is 14.8 Å². The zero-order chi connectivity index (χ0) is 16.4. The van der Waals surface area contributed by atoms with Crippen LogP contribution in [0.2, 0.25) is 0 Å². The topological polar surface area (TPSA) is 69.2 Å². The minimum Gasteiger partial charge on any atom is -0.470 e. The molecule has 1 saturated heterocycles. The fourth-order valence-electron chi connectivity index (χ4n) is 2.74. The molecule has 4 rings (SSSR count). The Kier molecular flexibility index (Phi) is 3.96. The number of ether oxygens (including phenoxy) is 2. The average Bonchev–Trinajstić information content (AvgIpc) is 3.15. The van der Waals surface area contributed by atoms with Crippen LogP contribution in [0.15, 0.2) is 42.7 Å². The van der Waals surface area contributed by atoms with Gasteiger partial charge in [0.2, 0.25) is 5.88 Å². The summed E-state index contributed by atoms with van der Waals surface area (Å²) in [6.07, 6.45) is 4.22. The maximum atomic E-state index is 6.04. The summed E-state index contributed by atoms with van der Waals surface area (Å²) in [4.78, 5) is 13.5. The van der Waals surface area contributed by atoms with Gasteiger partial charge in [-0.15, -0.1) is 0 Å². The number of rotatable bonds is 4. The van der Waals surface area contributed by atoms with E-state index >= 15 is 0 Å². The third-order valence-corrected chi connectivity index (χ3v) is 4.06. The van der Waals surface area contributed by atoms with E-state index in [4.69, 9.17) is 9.47 Å². The maximum Gasteiger partial charge on any atom is 0.243 e. The number of nitrogens with zero attached hydrogens (tertiary/aromatic N) is 3. The first kappa shape index (κ1) is 14.8. The lowest BCUT2D eigenvalue weighted by Gasteiger charge is -2.13. The van der Waals surface area contributed by atoms with Gasteiger partial charge in [0.05, 0.1) is 24.4 Å². The third-order valence-electron chi connectivity index (χ3n) is 4.06. The summed E-state index contributed by atoms with van der Waals surface area (Å²) in [5.74, 6) is 0.517. The molecule has 1 atom stereocenters. The van der Waals surface area contributed by atoms with E-state index < -0.39 is 0 Å². The van der Waals surface area contributed by atoms with E-state index in [2.05, 4.69) is 20.3 Å². The summed E-state index contributed by atoms with van der Waals surface area (Å²) >= 11 is 0. The number of anilines is 1. The zero-order valence-electron chi connectivity index (χ0n) is 13.4. The van der Waals surface area contributed by atoms with Crippen LogP contribution >= 0.6 is 0 Å². The summed E-state index contributed by atoms with van der Waals surface area (Å²) in [6.45, 7) is 1.31. The van der Waals surface area contributed by atoms with Crippen molar-refractivity contribution in [2.24, 2.45) is 0 Å². The van der Waals surface area contributed by atoms with Crippen molar-refractivity contribution < 1.29 is 9.47 Å². The highest BCUT2D eigenvalue weighted by Crippen LogP contribution is 2.28. The molecule has 24 heavy (non-hydrogen) atoms. The van der Waals surface area contributed by atoms with Crippen LogP contribution in [-0.2, 0) is 4.74 Å². The molecule has 0 unspecified atom stereocenters. The standard InChI is InChI=1S/C18H18N4O2/c1-19-13-4-2-12(3-5-13)15-10-16-17(21-8-7-20-16)18(22-15)24-14-6-9-23-11-14/h2-5,7-8,10,14,19H,6,9,11H2,1H3/t14-/m1/s1. The SMILES string of the molecule is CNc1ccc(-c2cc3nccnc3c(O[C@@H]3CCOC3)n2)cc1. The molecule has 0 radical (unpaired) electrons. The predicted molar refractivity (Wildman–Crippen MR) is 92.2 cm³/mol.